The predicted molar refractivity (Wildman–Crippen MR) is 69.8 cm³/mol. The Labute approximate surface area is 110 Å². The van der Waals surface area contributed by atoms with Crippen molar-refractivity contribution in [2.24, 2.45) is 0 Å². The summed E-state index contributed by atoms with van der Waals surface area (Å²) in [5, 5.41) is 6.85. The lowest BCUT2D eigenvalue weighted by molar-refractivity contribution is 0.387. The molecular weight excluding hydrogens is 248 g/mol. The van der Waals surface area contributed by atoms with Gasteiger partial charge in [-0.1, -0.05) is 5.16 Å². The lowest BCUT2D eigenvalue weighted by Crippen LogP contribution is -2.17. The molecule has 0 aliphatic carbocycles. The van der Waals surface area contributed by atoms with Crippen LogP contribution in [0.1, 0.15) is 11.7 Å². The zero-order valence-electron chi connectivity index (χ0n) is 11.1. The average Bonchev–Trinajstić information content (AvgIpc) is 2.74. The summed E-state index contributed by atoms with van der Waals surface area (Å²) in [6.07, 6.45) is 0.611. The molecule has 0 bridgehead atoms. The van der Waals surface area contributed by atoms with Crippen molar-refractivity contribution in [2.75, 3.05) is 36.6 Å². The fourth-order valence-electron chi connectivity index (χ4n) is 1.39. The number of hydrogen-bond acceptors (Lipinski definition) is 9. The molecule has 0 unspecified atom stereocenters. The Kier molecular flexibility index (Phi) is 3.74. The van der Waals surface area contributed by atoms with Crippen LogP contribution in [0.25, 0.3) is 0 Å². The van der Waals surface area contributed by atoms with Gasteiger partial charge in [0.1, 0.15) is 0 Å². The third-order valence-corrected chi connectivity index (χ3v) is 2.24. The van der Waals surface area contributed by atoms with Crippen LogP contribution in [0.3, 0.4) is 0 Å². The summed E-state index contributed by atoms with van der Waals surface area (Å²) in [5.41, 5.74) is 5.61. The predicted octanol–water partition coefficient (Wildman–Crippen LogP) is -0.134. The molecular formula is C10H16N8O. The zero-order chi connectivity index (χ0) is 13.8. The van der Waals surface area contributed by atoms with Gasteiger partial charge in [-0.3, -0.25) is 0 Å². The molecule has 102 valence electrons. The molecule has 0 amide bonds. The number of anilines is 3. The van der Waals surface area contributed by atoms with E-state index in [2.05, 4.69) is 30.4 Å². The highest BCUT2D eigenvalue weighted by molar-refractivity contribution is 5.40. The van der Waals surface area contributed by atoms with E-state index < -0.39 is 0 Å². The van der Waals surface area contributed by atoms with Crippen LogP contribution >= 0.6 is 0 Å². The maximum absolute atomic E-state index is 5.61. The molecule has 19 heavy (non-hydrogen) atoms. The Hall–Kier alpha value is -2.45. The molecule has 9 nitrogen and oxygen atoms in total. The van der Waals surface area contributed by atoms with Gasteiger partial charge in [0, 0.05) is 34.0 Å². The van der Waals surface area contributed by atoms with Gasteiger partial charge in [-0.15, -0.1) is 0 Å². The van der Waals surface area contributed by atoms with Crippen LogP contribution < -0.4 is 16.0 Å². The molecule has 9 heteroatoms. The first-order chi connectivity index (χ1) is 9.04. The van der Waals surface area contributed by atoms with Crippen LogP contribution in [0.15, 0.2) is 4.52 Å². The van der Waals surface area contributed by atoms with Crippen molar-refractivity contribution in [3.05, 3.63) is 11.7 Å². The quantitative estimate of drug-likeness (QED) is 0.760. The molecule has 3 N–H and O–H groups in total. The van der Waals surface area contributed by atoms with Crippen LogP contribution in [0, 0.1) is 6.92 Å². The van der Waals surface area contributed by atoms with Gasteiger partial charge in [0.05, 0.1) is 0 Å². The van der Waals surface area contributed by atoms with E-state index in [-0.39, 0.29) is 5.95 Å². The smallest absolute Gasteiger partial charge is 0.231 e. The Bertz CT molecular complexity index is 552. The van der Waals surface area contributed by atoms with Crippen molar-refractivity contribution in [1.29, 1.82) is 0 Å². The van der Waals surface area contributed by atoms with E-state index in [1.54, 1.807) is 11.8 Å². The van der Waals surface area contributed by atoms with Crippen LogP contribution in [0.5, 0.6) is 0 Å². The van der Waals surface area contributed by atoms with Crippen molar-refractivity contribution < 1.29 is 4.52 Å². The van der Waals surface area contributed by atoms with E-state index in [1.165, 1.54) is 0 Å². The number of aryl methyl sites for hydroxylation is 1. The zero-order valence-corrected chi connectivity index (χ0v) is 11.1. The van der Waals surface area contributed by atoms with Crippen molar-refractivity contribution in [2.45, 2.75) is 13.3 Å². The SMILES string of the molecule is Cc1nc(CCNc2nc(N)nc(N(C)C)n2)no1. The van der Waals surface area contributed by atoms with Crippen molar-refractivity contribution >= 4 is 17.8 Å². The molecule has 0 atom stereocenters. The van der Waals surface area contributed by atoms with Crippen molar-refractivity contribution in [3.63, 3.8) is 0 Å². The van der Waals surface area contributed by atoms with Gasteiger partial charge in [0.2, 0.25) is 23.7 Å². The van der Waals surface area contributed by atoms with Gasteiger partial charge in [-0.25, -0.2) is 0 Å². The van der Waals surface area contributed by atoms with E-state index in [0.29, 0.717) is 36.6 Å². The van der Waals surface area contributed by atoms with Gasteiger partial charge < -0.3 is 20.5 Å². The molecule has 0 aromatic carbocycles. The first-order valence-corrected chi connectivity index (χ1v) is 5.76. The maximum Gasteiger partial charge on any atom is 0.231 e. The summed E-state index contributed by atoms with van der Waals surface area (Å²) < 4.78 is 4.88. The molecule has 0 spiro atoms. The normalized spacial score (nSPS) is 10.5. The topological polar surface area (TPSA) is 119 Å². The van der Waals surface area contributed by atoms with E-state index in [4.69, 9.17) is 10.3 Å². The molecule has 0 saturated heterocycles. The Morgan fingerprint density at radius 2 is 2.00 bits per heavy atom. The van der Waals surface area contributed by atoms with Crippen LogP contribution in [0.2, 0.25) is 0 Å². The number of nitrogens with one attached hydrogen (secondary N) is 1. The molecule has 0 radical (unpaired) electrons. The first-order valence-electron chi connectivity index (χ1n) is 5.76. The Morgan fingerprint density at radius 1 is 1.21 bits per heavy atom. The average molecular weight is 264 g/mol. The third kappa shape index (κ3) is 3.50. The maximum atomic E-state index is 5.61. The summed E-state index contributed by atoms with van der Waals surface area (Å²) in [4.78, 5) is 18.1. The Balaban J connectivity index is 1.95. The fourth-order valence-corrected chi connectivity index (χ4v) is 1.39. The Morgan fingerprint density at radius 3 is 2.63 bits per heavy atom. The van der Waals surface area contributed by atoms with E-state index in [1.807, 2.05) is 14.1 Å². The number of nitrogen functional groups attached to an aromatic ring is 1. The molecule has 0 fully saturated rings. The van der Waals surface area contributed by atoms with Gasteiger partial charge >= 0.3 is 0 Å². The molecule has 2 rings (SSSR count). The second kappa shape index (κ2) is 5.46. The van der Waals surface area contributed by atoms with Gasteiger partial charge in [-0.05, 0) is 0 Å². The number of aromatic nitrogens is 5. The lowest BCUT2D eigenvalue weighted by Gasteiger charge is -2.11. The summed E-state index contributed by atoms with van der Waals surface area (Å²) in [6, 6.07) is 0. The van der Waals surface area contributed by atoms with E-state index >= 15 is 0 Å². The van der Waals surface area contributed by atoms with E-state index in [0.717, 1.165) is 0 Å². The summed E-state index contributed by atoms with van der Waals surface area (Å²) >= 11 is 0. The van der Waals surface area contributed by atoms with Gasteiger partial charge in [-0.2, -0.15) is 19.9 Å². The number of nitrogens with two attached hydrogens (primary N) is 1. The minimum absolute atomic E-state index is 0.177. The standard InChI is InChI=1S/C10H16N8O/c1-6-13-7(17-19-6)4-5-12-9-14-8(11)15-10(16-9)18(2)3/h4-5H2,1-3H3,(H3,11,12,14,15,16). The summed E-state index contributed by atoms with van der Waals surface area (Å²) in [5.74, 6) is 2.30. The minimum atomic E-state index is 0.177. The van der Waals surface area contributed by atoms with Crippen molar-refractivity contribution in [1.82, 2.24) is 25.1 Å². The molecule has 2 heterocycles. The monoisotopic (exact) mass is 264 g/mol. The van der Waals surface area contributed by atoms with Gasteiger partial charge in [0.15, 0.2) is 5.82 Å². The van der Waals surface area contributed by atoms with Crippen molar-refractivity contribution in [3.8, 4) is 0 Å². The summed E-state index contributed by atoms with van der Waals surface area (Å²) in [7, 11) is 3.67. The summed E-state index contributed by atoms with van der Waals surface area (Å²) in [6.45, 7) is 2.33. The molecule has 0 aliphatic rings. The van der Waals surface area contributed by atoms with Gasteiger partial charge in [0.25, 0.3) is 0 Å². The fraction of sp³-hybridized carbons (Fsp3) is 0.500. The number of rotatable bonds is 5. The first kappa shape index (κ1) is 13.0. The molecule has 2 aromatic heterocycles. The highest BCUT2D eigenvalue weighted by atomic mass is 16.5. The van der Waals surface area contributed by atoms with Crippen LogP contribution in [-0.4, -0.2) is 45.7 Å². The highest BCUT2D eigenvalue weighted by Gasteiger charge is 2.06. The largest absolute Gasteiger partial charge is 0.368 e. The van der Waals surface area contributed by atoms with E-state index in [9.17, 15) is 0 Å². The highest BCUT2D eigenvalue weighted by Crippen LogP contribution is 2.08. The number of hydrogen-bond donors (Lipinski definition) is 2. The molecule has 0 saturated carbocycles. The minimum Gasteiger partial charge on any atom is -0.368 e. The lowest BCUT2D eigenvalue weighted by atomic mass is 10.4. The number of nitrogens with zero attached hydrogens (tertiary/aromatic N) is 6. The second-order valence-corrected chi connectivity index (χ2v) is 4.12. The van der Waals surface area contributed by atoms with Crippen LogP contribution in [-0.2, 0) is 6.42 Å². The molecule has 2 aromatic rings. The second-order valence-electron chi connectivity index (χ2n) is 4.12. The molecule has 0 aliphatic heterocycles. The third-order valence-electron chi connectivity index (χ3n) is 2.24. The van der Waals surface area contributed by atoms with Crippen LogP contribution in [0.4, 0.5) is 17.8 Å².